The van der Waals surface area contributed by atoms with Gasteiger partial charge in [-0.2, -0.15) is 0 Å². The molecule has 1 atom stereocenters. The van der Waals surface area contributed by atoms with Crippen LogP contribution in [0.5, 0.6) is 0 Å². The Morgan fingerprint density at radius 1 is 1.14 bits per heavy atom. The quantitative estimate of drug-likeness (QED) is 0.601. The zero-order valence-electron chi connectivity index (χ0n) is 18.0. The Bertz CT molecular complexity index is 643. The molecule has 0 aliphatic heterocycles. The number of carbonyl (C=O) groups excluding carboxylic acids is 2. The number of nitrogens with one attached hydrogen (secondary N) is 2. The third kappa shape index (κ3) is 7.27. The Balaban J connectivity index is 1.81. The first kappa shape index (κ1) is 22.4. The van der Waals surface area contributed by atoms with Crippen LogP contribution in [0.1, 0.15) is 69.8 Å². The van der Waals surface area contributed by atoms with Crippen LogP contribution in [-0.4, -0.2) is 37.6 Å². The molecule has 28 heavy (non-hydrogen) atoms. The zero-order valence-corrected chi connectivity index (χ0v) is 18.0. The Kier molecular flexibility index (Phi) is 8.05. The van der Waals surface area contributed by atoms with Gasteiger partial charge in [-0.15, -0.1) is 0 Å². The third-order valence-electron chi connectivity index (χ3n) is 5.06. The normalized spacial score (nSPS) is 15.4. The number of carbonyl (C=O) groups is 2. The summed E-state index contributed by atoms with van der Waals surface area (Å²) in [7, 11) is 0. The van der Waals surface area contributed by atoms with Gasteiger partial charge >= 0.3 is 0 Å². The second kappa shape index (κ2) is 10.1. The second-order valence-corrected chi connectivity index (χ2v) is 9.19. The number of hydrogen-bond acceptors (Lipinski definition) is 3. The average Bonchev–Trinajstić information content (AvgIpc) is 3.45. The summed E-state index contributed by atoms with van der Waals surface area (Å²) in [6.45, 7) is 12.3. The first-order chi connectivity index (χ1) is 13.2. The second-order valence-electron chi connectivity index (χ2n) is 9.19. The Hall–Kier alpha value is -1.88. The van der Waals surface area contributed by atoms with Gasteiger partial charge in [0.1, 0.15) is 6.04 Å². The lowest BCUT2D eigenvalue weighted by Crippen LogP contribution is -2.50. The van der Waals surface area contributed by atoms with Crippen LogP contribution in [0.15, 0.2) is 24.3 Å². The Morgan fingerprint density at radius 2 is 1.79 bits per heavy atom. The van der Waals surface area contributed by atoms with Crippen LogP contribution in [0.25, 0.3) is 0 Å². The van der Waals surface area contributed by atoms with Crippen molar-refractivity contribution in [3.05, 3.63) is 35.4 Å². The molecular weight excluding hydrogens is 352 g/mol. The van der Waals surface area contributed by atoms with Crippen molar-refractivity contribution >= 4 is 11.8 Å². The van der Waals surface area contributed by atoms with Gasteiger partial charge in [-0.3, -0.25) is 9.59 Å². The molecule has 0 heterocycles. The fourth-order valence-corrected chi connectivity index (χ4v) is 2.91. The van der Waals surface area contributed by atoms with Crippen molar-refractivity contribution in [1.29, 1.82) is 0 Å². The van der Waals surface area contributed by atoms with E-state index in [-0.39, 0.29) is 23.1 Å². The SMILES string of the molecule is CC(C)[C@H](NC(=O)c1ccc(C(C)(C)C)cc1)C(=O)NCCCOCC1CC1. The maximum Gasteiger partial charge on any atom is 0.251 e. The topological polar surface area (TPSA) is 67.4 Å². The van der Waals surface area contributed by atoms with Gasteiger partial charge in [0.25, 0.3) is 5.91 Å². The van der Waals surface area contributed by atoms with Crippen molar-refractivity contribution in [3.63, 3.8) is 0 Å². The molecule has 2 amide bonds. The molecule has 0 unspecified atom stereocenters. The van der Waals surface area contributed by atoms with Gasteiger partial charge in [0.2, 0.25) is 5.91 Å². The molecule has 0 aromatic heterocycles. The molecule has 1 aliphatic rings. The number of hydrogen-bond donors (Lipinski definition) is 2. The molecule has 0 radical (unpaired) electrons. The van der Waals surface area contributed by atoms with E-state index in [1.165, 1.54) is 18.4 Å². The van der Waals surface area contributed by atoms with Crippen molar-refractivity contribution in [1.82, 2.24) is 10.6 Å². The summed E-state index contributed by atoms with van der Waals surface area (Å²) in [5.74, 6) is 0.399. The summed E-state index contributed by atoms with van der Waals surface area (Å²) in [4.78, 5) is 25.1. The summed E-state index contributed by atoms with van der Waals surface area (Å²) in [6, 6.07) is 7.04. The predicted molar refractivity (Wildman–Crippen MR) is 112 cm³/mol. The number of ether oxygens (including phenoxy) is 1. The van der Waals surface area contributed by atoms with Crippen LogP contribution in [0, 0.1) is 11.8 Å². The monoisotopic (exact) mass is 388 g/mol. The minimum atomic E-state index is -0.554. The standard InChI is InChI=1S/C23H36N2O3/c1-16(2)20(22(27)24-13-6-14-28-15-17-7-8-17)25-21(26)18-9-11-19(12-10-18)23(3,4)5/h9-12,16-17,20H,6-8,13-15H2,1-5H3,(H,24,27)(H,25,26)/t20-/m0/s1. The molecule has 1 fully saturated rings. The van der Waals surface area contributed by atoms with Crippen molar-refractivity contribution in [2.45, 2.75) is 65.3 Å². The summed E-state index contributed by atoms with van der Waals surface area (Å²) >= 11 is 0. The molecule has 0 saturated heterocycles. The predicted octanol–water partition coefficient (Wildman–Crippen LogP) is 3.67. The van der Waals surface area contributed by atoms with E-state index in [1.54, 1.807) is 0 Å². The van der Waals surface area contributed by atoms with Crippen LogP contribution in [0.2, 0.25) is 0 Å². The summed E-state index contributed by atoms with van der Waals surface area (Å²) in [5.41, 5.74) is 1.78. The third-order valence-corrected chi connectivity index (χ3v) is 5.06. The van der Waals surface area contributed by atoms with E-state index in [4.69, 9.17) is 4.74 Å². The van der Waals surface area contributed by atoms with Crippen LogP contribution in [0.3, 0.4) is 0 Å². The summed E-state index contributed by atoms with van der Waals surface area (Å²) < 4.78 is 5.58. The summed E-state index contributed by atoms with van der Waals surface area (Å²) in [5, 5.41) is 5.80. The van der Waals surface area contributed by atoms with Gasteiger partial charge in [-0.05, 0) is 54.2 Å². The molecule has 1 aromatic carbocycles. The molecule has 2 N–H and O–H groups in total. The van der Waals surface area contributed by atoms with Crippen molar-refractivity contribution in [2.75, 3.05) is 19.8 Å². The minimum Gasteiger partial charge on any atom is -0.381 e. The van der Waals surface area contributed by atoms with Gasteiger partial charge in [0, 0.05) is 25.3 Å². The summed E-state index contributed by atoms with van der Waals surface area (Å²) in [6.07, 6.45) is 3.35. The molecule has 0 spiro atoms. The van der Waals surface area contributed by atoms with E-state index in [2.05, 4.69) is 31.4 Å². The molecule has 2 rings (SSSR count). The van der Waals surface area contributed by atoms with E-state index in [0.29, 0.717) is 18.7 Å². The van der Waals surface area contributed by atoms with Crippen LogP contribution < -0.4 is 10.6 Å². The highest BCUT2D eigenvalue weighted by atomic mass is 16.5. The lowest BCUT2D eigenvalue weighted by atomic mass is 9.86. The first-order valence-corrected chi connectivity index (χ1v) is 10.5. The molecule has 156 valence electrons. The Labute approximate surface area is 169 Å². The van der Waals surface area contributed by atoms with E-state index < -0.39 is 6.04 Å². The molecule has 0 bridgehead atoms. The lowest BCUT2D eigenvalue weighted by Gasteiger charge is -2.22. The van der Waals surface area contributed by atoms with Gasteiger partial charge in [-0.25, -0.2) is 0 Å². The smallest absolute Gasteiger partial charge is 0.251 e. The fraction of sp³-hybridized carbons (Fsp3) is 0.652. The molecular formula is C23H36N2O3. The molecule has 1 aromatic rings. The van der Waals surface area contributed by atoms with E-state index >= 15 is 0 Å². The van der Waals surface area contributed by atoms with Crippen LogP contribution in [0.4, 0.5) is 0 Å². The highest BCUT2D eigenvalue weighted by molar-refractivity contribution is 5.97. The number of amides is 2. The average molecular weight is 389 g/mol. The van der Waals surface area contributed by atoms with Gasteiger partial charge < -0.3 is 15.4 Å². The molecule has 5 nitrogen and oxygen atoms in total. The van der Waals surface area contributed by atoms with Gasteiger partial charge in [-0.1, -0.05) is 46.8 Å². The Morgan fingerprint density at radius 3 is 2.32 bits per heavy atom. The first-order valence-electron chi connectivity index (χ1n) is 10.5. The highest BCUT2D eigenvalue weighted by Gasteiger charge is 2.25. The number of benzene rings is 1. The molecule has 5 heteroatoms. The van der Waals surface area contributed by atoms with Gasteiger partial charge in [0.05, 0.1) is 0 Å². The van der Waals surface area contributed by atoms with Crippen molar-refractivity contribution in [2.24, 2.45) is 11.8 Å². The van der Waals surface area contributed by atoms with Crippen LogP contribution in [-0.2, 0) is 14.9 Å². The van der Waals surface area contributed by atoms with Gasteiger partial charge in [0.15, 0.2) is 0 Å². The zero-order chi connectivity index (χ0) is 20.7. The largest absolute Gasteiger partial charge is 0.381 e. The van der Waals surface area contributed by atoms with E-state index in [9.17, 15) is 9.59 Å². The van der Waals surface area contributed by atoms with Crippen LogP contribution >= 0.6 is 0 Å². The minimum absolute atomic E-state index is 0.00362. The van der Waals surface area contributed by atoms with Crippen molar-refractivity contribution in [3.8, 4) is 0 Å². The van der Waals surface area contributed by atoms with E-state index in [0.717, 1.165) is 18.9 Å². The molecule has 1 aliphatic carbocycles. The van der Waals surface area contributed by atoms with E-state index in [1.807, 2.05) is 38.1 Å². The maximum absolute atomic E-state index is 12.6. The highest BCUT2D eigenvalue weighted by Crippen LogP contribution is 2.28. The maximum atomic E-state index is 12.6. The fourth-order valence-electron chi connectivity index (χ4n) is 2.91. The lowest BCUT2D eigenvalue weighted by molar-refractivity contribution is -0.124. The van der Waals surface area contributed by atoms with Crippen molar-refractivity contribution < 1.29 is 14.3 Å². The molecule has 1 saturated carbocycles. The number of rotatable bonds is 10.